The van der Waals surface area contributed by atoms with Crippen molar-refractivity contribution in [2.75, 3.05) is 6.54 Å². The molecular formula is C19H21BrN2O2. The summed E-state index contributed by atoms with van der Waals surface area (Å²) in [7, 11) is 0. The molecule has 0 heterocycles. The number of amides is 2. The van der Waals surface area contributed by atoms with Gasteiger partial charge in [-0.25, -0.2) is 5.01 Å². The molecule has 0 fully saturated rings. The zero-order chi connectivity index (χ0) is 17.7. The molecule has 0 spiro atoms. The molecule has 0 aliphatic heterocycles. The van der Waals surface area contributed by atoms with Gasteiger partial charge >= 0.3 is 0 Å². The van der Waals surface area contributed by atoms with Crippen LogP contribution in [0.3, 0.4) is 0 Å². The third kappa shape index (κ3) is 4.93. The predicted octanol–water partition coefficient (Wildman–Crippen LogP) is 4.28. The molecule has 1 N–H and O–H groups in total. The van der Waals surface area contributed by atoms with Crippen molar-refractivity contribution in [3.05, 3.63) is 70.2 Å². The Morgan fingerprint density at radius 1 is 1.00 bits per heavy atom. The number of nitrogens with zero attached hydrogens (tertiary/aromatic N) is 1. The molecule has 2 aromatic carbocycles. The zero-order valence-corrected chi connectivity index (χ0v) is 15.6. The molecule has 2 amide bonds. The fourth-order valence-electron chi connectivity index (χ4n) is 2.19. The number of hydrazine groups is 1. The first-order valence-electron chi connectivity index (χ1n) is 7.70. The molecule has 0 radical (unpaired) electrons. The monoisotopic (exact) mass is 388 g/mol. The first kappa shape index (κ1) is 18.2. The second kappa shape index (κ2) is 7.62. The number of rotatable bonds is 3. The number of benzene rings is 2. The van der Waals surface area contributed by atoms with Crippen molar-refractivity contribution in [3.63, 3.8) is 0 Å². The second-order valence-corrected chi connectivity index (χ2v) is 7.59. The third-order valence-corrected chi connectivity index (χ3v) is 3.95. The molecule has 5 heteroatoms. The Morgan fingerprint density at radius 3 is 2.17 bits per heavy atom. The van der Waals surface area contributed by atoms with Gasteiger partial charge in [0.1, 0.15) is 0 Å². The minimum atomic E-state index is -0.305. The van der Waals surface area contributed by atoms with Crippen LogP contribution in [0.4, 0.5) is 0 Å². The molecule has 4 nitrogen and oxygen atoms in total. The summed E-state index contributed by atoms with van der Waals surface area (Å²) in [5, 5.41) is 1.38. The van der Waals surface area contributed by atoms with Gasteiger partial charge in [-0.2, -0.15) is 0 Å². The van der Waals surface area contributed by atoms with Crippen LogP contribution in [0.5, 0.6) is 0 Å². The Morgan fingerprint density at radius 2 is 1.58 bits per heavy atom. The summed E-state index contributed by atoms with van der Waals surface area (Å²) < 4.78 is 0.697. The zero-order valence-electron chi connectivity index (χ0n) is 14.0. The molecular weight excluding hydrogens is 368 g/mol. The van der Waals surface area contributed by atoms with E-state index in [1.165, 1.54) is 5.01 Å². The number of hydrogen-bond donors (Lipinski definition) is 1. The van der Waals surface area contributed by atoms with E-state index in [9.17, 15) is 9.59 Å². The molecule has 0 aromatic heterocycles. The van der Waals surface area contributed by atoms with E-state index in [0.29, 0.717) is 22.1 Å². The Hall–Kier alpha value is -2.14. The summed E-state index contributed by atoms with van der Waals surface area (Å²) in [6, 6.07) is 16.0. The highest BCUT2D eigenvalue weighted by Gasteiger charge is 2.25. The van der Waals surface area contributed by atoms with E-state index < -0.39 is 0 Å². The van der Waals surface area contributed by atoms with Gasteiger partial charge in [-0.05, 0) is 45.6 Å². The first-order chi connectivity index (χ1) is 11.3. The minimum Gasteiger partial charge on any atom is -0.267 e. The Bertz CT molecular complexity index is 724. The van der Waals surface area contributed by atoms with Crippen molar-refractivity contribution < 1.29 is 9.59 Å². The maximum absolute atomic E-state index is 12.9. The highest BCUT2D eigenvalue weighted by Crippen LogP contribution is 2.20. The number of nitrogens with one attached hydrogen (secondary N) is 1. The largest absolute Gasteiger partial charge is 0.273 e. The van der Waals surface area contributed by atoms with Crippen molar-refractivity contribution in [3.8, 4) is 0 Å². The van der Waals surface area contributed by atoms with E-state index in [1.807, 2.05) is 39.0 Å². The van der Waals surface area contributed by atoms with E-state index in [1.54, 1.807) is 36.4 Å². The van der Waals surface area contributed by atoms with Gasteiger partial charge < -0.3 is 0 Å². The van der Waals surface area contributed by atoms with Crippen LogP contribution < -0.4 is 5.43 Å². The second-order valence-electron chi connectivity index (χ2n) is 6.74. The van der Waals surface area contributed by atoms with Crippen molar-refractivity contribution in [2.24, 2.45) is 5.41 Å². The van der Waals surface area contributed by atoms with E-state index in [-0.39, 0.29) is 17.2 Å². The standard InChI is InChI=1S/C19H21BrN2O2/c1-19(2,3)13-22(18(24)15-11-7-8-12-16(15)20)21-17(23)14-9-5-4-6-10-14/h4-12H,13H2,1-3H3,(H,21,23). The minimum absolute atomic E-state index is 0.166. The van der Waals surface area contributed by atoms with Crippen LogP contribution in [-0.4, -0.2) is 23.4 Å². The smallest absolute Gasteiger partial charge is 0.267 e. The maximum atomic E-state index is 12.9. The van der Waals surface area contributed by atoms with Gasteiger partial charge in [0.05, 0.1) is 5.56 Å². The highest BCUT2D eigenvalue weighted by atomic mass is 79.9. The predicted molar refractivity (Wildman–Crippen MR) is 98.5 cm³/mol. The molecule has 0 aliphatic carbocycles. The average molecular weight is 389 g/mol. The fourth-order valence-corrected chi connectivity index (χ4v) is 2.65. The Balaban J connectivity index is 2.26. The number of carbonyl (C=O) groups is 2. The SMILES string of the molecule is CC(C)(C)CN(NC(=O)c1ccccc1)C(=O)c1ccccc1Br. The van der Waals surface area contributed by atoms with Crippen molar-refractivity contribution in [1.82, 2.24) is 10.4 Å². The highest BCUT2D eigenvalue weighted by molar-refractivity contribution is 9.10. The van der Waals surface area contributed by atoms with Crippen molar-refractivity contribution in [2.45, 2.75) is 20.8 Å². The van der Waals surface area contributed by atoms with E-state index in [0.717, 1.165) is 0 Å². The number of hydrogen-bond acceptors (Lipinski definition) is 2. The summed E-state index contributed by atoms with van der Waals surface area (Å²) >= 11 is 3.40. The maximum Gasteiger partial charge on any atom is 0.273 e. The van der Waals surface area contributed by atoms with Gasteiger partial charge in [-0.3, -0.25) is 15.0 Å². The fraction of sp³-hybridized carbons (Fsp3) is 0.263. The van der Waals surface area contributed by atoms with E-state index in [4.69, 9.17) is 0 Å². The molecule has 126 valence electrons. The molecule has 0 unspecified atom stereocenters. The van der Waals surface area contributed by atoms with Gasteiger partial charge in [-0.1, -0.05) is 51.1 Å². The van der Waals surface area contributed by atoms with Crippen LogP contribution in [0, 0.1) is 5.41 Å². The molecule has 0 aliphatic rings. The van der Waals surface area contributed by atoms with Gasteiger partial charge in [0, 0.05) is 16.6 Å². The normalized spacial score (nSPS) is 11.0. The summed E-state index contributed by atoms with van der Waals surface area (Å²) in [5.41, 5.74) is 3.59. The van der Waals surface area contributed by atoms with Gasteiger partial charge in [-0.15, -0.1) is 0 Å². The summed E-state index contributed by atoms with van der Waals surface area (Å²) in [5.74, 6) is -0.554. The summed E-state index contributed by atoms with van der Waals surface area (Å²) in [6.45, 7) is 6.44. The Labute approximate surface area is 151 Å². The summed E-state index contributed by atoms with van der Waals surface area (Å²) in [6.07, 6.45) is 0. The quantitative estimate of drug-likeness (QED) is 0.797. The number of halogens is 1. The third-order valence-electron chi connectivity index (χ3n) is 3.25. The van der Waals surface area contributed by atoms with Gasteiger partial charge in [0.25, 0.3) is 11.8 Å². The van der Waals surface area contributed by atoms with Crippen molar-refractivity contribution >= 4 is 27.7 Å². The van der Waals surface area contributed by atoms with Gasteiger partial charge in [0.2, 0.25) is 0 Å². The average Bonchev–Trinajstić information content (AvgIpc) is 2.53. The van der Waals surface area contributed by atoms with Crippen LogP contribution in [0.2, 0.25) is 0 Å². The lowest BCUT2D eigenvalue weighted by atomic mass is 9.96. The van der Waals surface area contributed by atoms with Crippen LogP contribution in [0.15, 0.2) is 59.1 Å². The summed E-state index contributed by atoms with van der Waals surface area (Å²) in [4.78, 5) is 25.3. The number of carbonyl (C=O) groups excluding carboxylic acids is 2. The molecule has 2 aromatic rings. The molecule has 0 bridgehead atoms. The lowest BCUT2D eigenvalue weighted by molar-refractivity contribution is 0.0508. The topological polar surface area (TPSA) is 49.4 Å². The molecule has 2 rings (SSSR count). The first-order valence-corrected chi connectivity index (χ1v) is 8.50. The van der Waals surface area contributed by atoms with Crippen LogP contribution >= 0.6 is 15.9 Å². The lowest BCUT2D eigenvalue weighted by Gasteiger charge is -2.30. The van der Waals surface area contributed by atoms with E-state index >= 15 is 0 Å². The van der Waals surface area contributed by atoms with E-state index in [2.05, 4.69) is 21.4 Å². The molecule has 24 heavy (non-hydrogen) atoms. The molecule has 0 atom stereocenters. The van der Waals surface area contributed by atoms with Crippen LogP contribution in [-0.2, 0) is 0 Å². The molecule has 0 saturated heterocycles. The van der Waals surface area contributed by atoms with Crippen molar-refractivity contribution in [1.29, 1.82) is 0 Å². The van der Waals surface area contributed by atoms with Gasteiger partial charge in [0.15, 0.2) is 0 Å². The Kier molecular flexibility index (Phi) is 5.78. The molecule has 0 saturated carbocycles. The lowest BCUT2D eigenvalue weighted by Crippen LogP contribution is -2.49. The van der Waals surface area contributed by atoms with Crippen LogP contribution in [0.1, 0.15) is 41.5 Å². The van der Waals surface area contributed by atoms with Crippen LogP contribution in [0.25, 0.3) is 0 Å².